The van der Waals surface area contributed by atoms with Gasteiger partial charge in [0, 0.05) is 26.4 Å². The molecule has 0 radical (unpaired) electrons. The highest BCUT2D eigenvalue weighted by Crippen LogP contribution is 1.91. The Bertz CT molecular complexity index is 809. The van der Waals surface area contributed by atoms with E-state index in [1.807, 2.05) is 13.8 Å². The molecule has 22 heteroatoms. The van der Waals surface area contributed by atoms with Crippen LogP contribution in [0.15, 0.2) is 0 Å². The monoisotopic (exact) mass is 1010 g/mol. The van der Waals surface area contributed by atoms with Crippen LogP contribution in [0.3, 0.4) is 0 Å². The summed E-state index contributed by atoms with van der Waals surface area (Å²) in [6.45, 7) is 27.5. The third-order valence-electron chi connectivity index (χ3n) is 8.43. The zero-order chi connectivity index (χ0) is 49.4. The second-order valence-corrected chi connectivity index (χ2v) is 14.0. The Morgan fingerprint density at radius 1 is 0.116 bits per heavy atom. The maximum absolute atomic E-state index is 5.58. The minimum Gasteiger partial charge on any atom is -0.379 e. The van der Waals surface area contributed by atoms with Gasteiger partial charge in [-0.15, -0.1) is 0 Å². The second kappa shape index (κ2) is 67.1. The smallest absolute Gasteiger partial charge is 0.0701 e. The van der Waals surface area contributed by atoms with E-state index in [1.54, 1.807) is 0 Å². The summed E-state index contributed by atoms with van der Waals surface area (Å²) >= 11 is 0. The van der Waals surface area contributed by atoms with Crippen molar-refractivity contribution in [1.82, 2.24) is 0 Å². The Labute approximate surface area is 414 Å². The summed E-state index contributed by atoms with van der Waals surface area (Å²) in [4.78, 5) is 0. The highest BCUT2D eigenvalue weighted by Gasteiger charge is 1.99. The molecule has 0 heterocycles. The molecule has 0 N–H and O–H groups in total. The molecule has 0 aliphatic rings. The summed E-state index contributed by atoms with van der Waals surface area (Å²) in [5, 5.41) is 0. The van der Waals surface area contributed by atoms with Crippen LogP contribution >= 0.6 is 0 Å². The Hall–Kier alpha value is -0.880. The fraction of sp³-hybridized carbons (Fsp3) is 1.00. The summed E-state index contributed by atoms with van der Waals surface area (Å²) in [7, 11) is 0. The number of ether oxygens (including phenoxy) is 22. The van der Waals surface area contributed by atoms with Crippen molar-refractivity contribution in [2.45, 2.75) is 20.3 Å². The topological polar surface area (TPSA) is 203 Å². The molecule has 0 unspecified atom stereocenters. The van der Waals surface area contributed by atoms with E-state index < -0.39 is 0 Å². The summed E-state index contributed by atoms with van der Waals surface area (Å²) in [6, 6.07) is 0. The van der Waals surface area contributed by atoms with E-state index in [9.17, 15) is 0 Å². The third kappa shape index (κ3) is 67.1. The highest BCUT2D eigenvalue weighted by atomic mass is 16.6. The molecule has 69 heavy (non-hydrogen) atoms. The predicted molar refractivity (Wildman–Crippen MR) is 254 cm³/mol. The standard InChI is InChI=1S/C47H96O22/c1-3-48-8-10-52-16-18-56-24-26-60-32-34-64-40-42-68-46-44-66-38-36-62-30-28-58-22-20-54-14-12-50-6-5-7-51-13-15-55-21-23-59-29-31-63-37-39-67-45-47-69-43-41-65-35-33-61-27-25-57-19-17-53-11-9-49-4-2/h3-47H2,1-2H3. The normalized spacial score (nSPS) is 11.7. The highest BCUT2D eigenvalue weighted by molar-refractivity contribution is 4.42. The first-order chi connectivity index (χ1) is 34.4. The lowest BCUT2D eigenvalue weighted by Gasteiger charge is -2.09. The Kier molecular flexibility index (Phi) is 66.3. The maximum Gasteiger partial charge on any atom is 0.0701 e. The first-order valence-electron chi connectivity index (χ1n) is 25.1. The van der Waals surface area contributed by atoms with E-state index in [-0.39, 0.29) is 0 Å². The molecular formula is C47H96O22. The Balaban J connectivity index is 3.07. The maximum atomic E-state index is 5.58. The second-order valence-electron chi connectivity index (χ2n) is 14.0. The van der Waals surface area contributed by atoms with Gasteiger partial charge in [0.05, 0.1) is 264 Å². The average molecular weight is 1010 g/mol. The molecule has 0 saturated carbocycles. The van der Waals surface area contributed by atoms with Crippen LogP contribution in [0, 0.1) is 0 Å². The van der Waals surface area contributed by atoms with E-state index >= 15 is 0 Å². The molecule has 0 spiro atoms. The predicted octanol–water partition coefficient (Wildman–Crippen LogP) is 1.78. The number of hydrogen-bond acceptors (Lipinski definition) is 22. The number of rotatable bonds is 66. The van der Waals surface area contributed by atoms with Crippen molar-refractivity contribution in [1.29, 1.82) is 0 Å². The Morgan fingerprint density at radius 2 is 0.203 bits per heavy atom. The molecule has 0 aromatic rings. The zero-order valence-corrected chi connectivity index (χ0v) is 42.8. The Morgan fingerprint density at radius 3 is 0.304 bits per heavy atom. The van der Waals surface area contributed by atoms with Gasteiger partial charge in [0.2, 0.25) is 0 Å². The first kappa shape index (κ1) is 68.1. The lowest BCUT2D eigenvalue weighted by atomic mass is 10.5. The molecule has 0 saturated heterocycles. The van der Waals surface area contributed by atoms with Gasteiger partial charge in [-0.3, -0.25) is 0 Å². The van der Waals surface area contributed by atoms with Crippen molar-refractivity contribution in [3.63, 3.8) is 0 Å². The fourth-order valence-corrected chi connectivity index (χ4v) is 4.95. The molecule has 0 aromatic carbocycles. The summed E-state index contributed by atoms with van der Waals surface area (Å²) in [6.07, 6.45) is 0.807. The van der Waals surface area contributed by atoms with Crippen LogP contribution in [0.4, 0.5) is 0 Å². The summed E-state index contributed by atoms with van der Waals surface area (Å²) in [5.74, 6) is 0. The van der Waals surface area contributed by atoms with Gasteiger partial charge in [0.25, 0.3) is 0 Å². The third-order valence-corrected chi connectivity index (χ3v) is 8.43. The van der Waals surface area contributed by atoms with Gasteiger partial charge in [-0.05, 0) is 20.3 Å². The van der Waals surface area contributed by atoms with E-state index in [0.29, 0.717) is 291 Å². The van der Waals surface area contributed by atoms with Crippen LogP contribution in [0.5, 0.6) is 0 Å². The van der Waals surface area contributed by atoms with Crippen LogP contribution < -0.4 is 0 Å². The quantitative estimate of drug-likeness (QED) is 0.0798. The molecule has 0 rings (SSSR count). The van der Waals surface area contributed by atoms with Gasteiger partial charge in [0.15, 0.2) is 0 Å². The SMILES string of the molecule is CCOCCOCCOCCOCCOCCOCCOCCOCCOCCOCCOCCCOCCOCCOCCOCCOCCOCCOCCOCCOCCOCCOCC. The van der Waals surface area contributed by atoms with Gasteiger partial charge in [0.1, 0.15) is 0 Å². The fourth-order valence-electron chi connectivity index (χ4n) is 4.95. The lowest BCUT2D eigenvalue weighted by molar-refractivity contribution is -0.0284. The van der Waals surface area contributed by atoms with Crippen molar-refractivity contribution in [2.24, 2.45) is 0 Å². The minimum absolute atomic E-state index is 0.500. The number of hydrogen-bond donors (Lipinski definition) is 0. The summed E-state index contributed by atoms with van der Waals surface area (Å²) in [5.41, 5.74) is 0. The van der Waals surface area contributed by atoms with E-state index in [2.05, 4.69) is 0 Å². The molecule has 0 amide bonds. The molecule has 416 valence electrons. The first-order valence-corrected chi connectivity index (χ1v) is 25.1. The minimum atomic E-state index is 0.500. The van der Waals surface area contributed by atoms with Crippen LogP contribution in [0.2, 0.25) is 0 Å². The van der Waals surface area contributed by atoms with Crippen molar-refractivity contribution in [2.75, 3.05) is 291 Å². The van der Waals surface area contributed by atoms with E-state index in [1.165, 1.54) is 0 Å². The van der Waals surface area contributed by atoms with Gasteiger partial charge in [-0.2, -0.15) is 0 Å². The molecule has 0 aliphatic heterocycles. The van der Waals surface area contributed by atoms with Gasteiger partial charge in [-0.25, -0.2) is 0 Å². The van der Waals surface area contributed by atoms with Crippen molar-refractivity contribution >= 4 is 0 Å². The van der Waals surface area contributed by atoms with Crippen molar-refractivity contribution in [3.8, 4) is 0 Å². The van der Waals surface area contributed by atoms with Crippen molar-refractivity contribution in [3.05, 3.63) is 0 Å². The summed E-state index contributed by atoms with van der Waals surface area (Å²) < 4.78 is 120. The van der Waals surface area contributed by atoms with Gasteiger partial charge >= 0.3 is 0 Å². The lowest BCUT2D eigenvalue weighted by Crippen LogP contribution is -2.15. The van der Waals surface area contributed by atoms with Crippen LogP contribution in [-0.4, -0.2) is 291 Å². The van der Waals surface area contributed by atoms with Gasteiger partial charge < -0.3 is 104 Å². The van der Waals surface area contributed by atoms with E-state index in [0.717, 1.165) is 6.42 Å². The van der Waals surface area contributed by atoms with Crippen LogP contribution in [0.25, 0.3) is 0 Å². The van der Waals surface area contributed by atoms with Gasteiger partial charge in [-0.1, -0.05) is 0 Å². The van der Waals surface area contributed by atoms with Crippen molar-refractivity contribution < 1.29 is 104 Å². The molecular weight excluding hydrogens is 916 g/mol. The molecule has 22 nitrogen and oxygen atoms in total. The molecule has 0 aliphatic carbocycles. The molecule has 0 atom stereocenters. The molecule has 0 aromatic heterocycles. The van der Waals surface area contributed by atoms with Crippen LogP contribution in [0.1, 0.15) is 20.3 Å². The largest absolute Gasteiger partial charge is 0.379 e. The molecule has 0 bridgehead atoms. The zero-order valence-electron chi connectivity index (χ0n) is 42.8. The average Bonchev–Trinajstić information content (AvgIpc) is 3.36. The molecule has 0 fully saturated rings. The van der Waals surface area contributed by atoms with E-state index in [4.69, 9.17) is 104 Å². The van der Waals surface area contributed by atoms with Crippen LogP contribution in [-0.2, 0) is 104 Å².